The molecule has 106 valence electrons. The van der Waals surface area contributed by atoms with Crippen LogP contribution in [-0.4, -0.2) is 28.6 Å². The van der Waals surface area contributed by atoms with Crippen molar-refractivity contribution in [3.63, 3.8) is 0 Å². The molecule has 0 spiro atoms. The van der Waals surface area contributed by atoms with Crippen LogP contribution in [0.15, 0.2) is 18.3 Å². The highest BCUT2D eigenvalue weighted by molar-refractivity contribution is 5.92. The first kappa shape index (κ1) is 14.5. The molecule has 0 unspecified atom stereocenters. The molecule has 2 N–H and O–H groups in total. The van der Waals surface area contributed by atoms with Crippen LogP contribution in [0.2, 0.25) is 0 Å². The summed E-state index contributed by atoms with van der Waals surface area (Å²) >= 11 is 0. The number of hydrogen-bond acceptors (Lipinski definition) is 3. The Hall–Kier alpha value is -1.86. The maximum atomic E-state index is 12.0. The fourth-order valence-electron chi connectivity index (χ4n) is 2.33. The summed E-state index contributed by atoms with van der Waals surface area (Å²) < 4.78 is 0. The van der Waals surface area contributed by atoms with Crippen molar-refractivity contribution in [2.45, 2.75) is 44.6 Å². The average Bonchev–Trinajstić information content (AvgIpc) is 2.49. The van der Waals surface area contributed by atoms with Crippen LogP contribution in [0.1, 0.15) is 54.6 Å². The Labute approximate surface area is 119 Å². The van der Waals surface area contributed by atoms with Gasteiger partial charge in [0.15, 0.2) is 0 Å². The third kappa shape index (κ3) is 4.36. The van der Waals surface area contributed by atoms with E-state index in [0.717, 1.165) is 18.4 Å². The third-order valence-corrected chi connectivity index (χ3v) is 3.41. The van der Waals surface area contributed by atoms with Gasteiger partial charge < -0.3 is 10.4 Å². The van der Waals surface area contributed by atoms with Gasteiger partial charge in [0.2, 0.25) is 0 Å². The third-order valence-electron chi connectivity index (χ3n) is 3.41. The highest BCUT2D eigenvalue weighted by Crippen LogP contribution is 2.17. The SMILES string of the molecule is O=C(NC1CCCCC1)c1ccc(C#CCCO)cn1. The van der Waals surface area contributed by atoms with E-state index in [1.54, 1.807) is 18.3 Å². The number of nitrogens with one attached hydrogen (secondary N) is 1. The second-order valence-electron chi connectivity index (χ2n) is 5.02. The van der Waals surface area contributed by atoms with Gasteiger partial charge in [-0.15, -0.1) is 0 Å². The van der Waals surface area contributed by atoms with Gasteiger partial charge in [-0.25, -0.2) is 4.98 Å². The minimum absolute atomic E-state index is 0.0578. The summed E-state index contributed by atoms with van der Waals surface area (Å²) in [6, 6.07) is 3.77. The molecule has 1 aliphatic rings. The van der Waals surface area contributed by atoms with Crippen molar-refractivity contribution >= 4 is 5.91 Å². The van der Waals surface area contributed by atoms with Gasteiger partial charge in [0.25, 0.3) is 5.91 Å². The zero-order valence-corrected chi connectivity index (χ0v) is 11.6. The summed E-state index contributed by atoms with van der Waals surface area (Å²) in [6.07, 6.45) is 7.83. The lowest BCUT2D eigenvalue weighted by Crippen LogP contribution is -2.36. The van der Waals surface area contributed by atoms with Gasteiger partial charge >= 0.3 is 0 Å². The molecule has 1 aromatic heterocycles. The summed E-state index contributed by atoms with van der Waals surface area (Å²) in [7, 11) is 0. The van der Waals surface area contributed by atoms with Crippen LogP contribution in [0.5, 0.6) is 0 Å². The monoisotopic (exact) mass is 272 g/mol. The number of aromatic nitrogens is 1. The number of hydrogen-bond donors (Lipinski definition) is 2. The minimum atomic E-state index is -0.105. The Morgan fingerprint density at radius 2 is 2.15 bits per heavy atom. The smallest absolute Gasteiger partial charge is 0.270 e. The van der Waals surface area contributed by atoms with Gasteiger partial charge in [-0.1, -0.05) is 31.1 Å². The molecule has 1 amide bonds. The van der Waals surface area contributed by atoms with Crippen LogP contribution in [0.25, 0.3) is 0 Å². The molecule has 2 rings (SSSR count). The Balaban J connectivity index is 1.92. The van der Waals surface area contributed by atoms with E-state index in [4.69, 9.17) is 5.11 Å². The van der Waals surface area contributed by atoms with E-state index >= 15 is 0 Å². The molecule has 4 heteroatoms. The highest BCUT2D eigenvalue weighted by Gasteiger charge is 2.16. The summed E-state index contributed by atoms with van der Waals surface area (Å²) in [5, 5.41) is 11.7. The van der Waals surface area contributed by atoms with E-state index in [1.165, 1.54) is 19.3 Å². The second kappa shape index (κ2) is 7.66. The lowest BCUT2D eigenvalue weighted by atomic mass is 9.95. The lowest BCUT2D eigenvalue weighted by molar-refractivity contribution is 0.0922. The summed E-state index contributed by atoms with van der Waals surface area (Å²) in [4.78, 5) is 16.2. The number of rotatable bonds is 3. The van der Waals surface area contributed by atoms with Crippen molar-refractivity contribution in [1.29, 1.82) is 0 Å². The van der Waals surface area contributed by atoms with Crippen molar-refractivity contribution in [3.05, 3.63) is 29.6 Å². The summed E-state index contributed by atoms with van der Waals surface area (Å²) in [6.45, 7) is 0.0578. The standard InChI is InChI=1S/C16H20N2O2/c19-11-5-4-6-13-9-10-15(17-12-13)16(20)18-14-7-2-1-3-8-14/h9-10,12,14,19H,1-3,5,7-8,11H2,(H,18,20). The van der Waals surface area contributed by atoms with E-state index < -0.39 is 0 Å². The van der Waals surface area contributed by atoms with Crippen LogP contribution in [0.4, 0.5) is 0 Å². The first-order valence-corrected chi connectivity index (χ1v) is 7.16. The normalized spacial score (nSPS) is 15.2. The van der Waals surface area contributed by atoms with E-state index in [0.29, 0.717) is 18.2 Å². The molecular weight excluding hydrogens is 252 g/mol. The van der Waals surface area contributed by atoms with Crippen LogP contribution < -0.4 is 5.32 Å². The van der Waals surface area contributed by atoms with Gasteiger partial charge in [0, 0.05) is 24.2 Å². The largest absolute Gasteiger partial charge is 0.395 e. The van der Waals surface area contributed by atoms with Gasteiger partial charge in [-0.3, -0.25) is 4.79 Å². The van der Waals surface area contributed by atoms with Crippen LogP contribution in [0, 0.1) is 11.8 Å². The maximum Gasteiger partial charge on any atom is 0.270 e. The number of aliphatic hydroxyl groups excluding tert-OH is 1. The molecule has 0 aliphatic heterocycles. The van der Waals surface area contributed by atoms with Gasteiger partial charge in [0.1, 0.15) is 5.69 Å². The quantitative estimate of drug-likeness (QED) is 0.826. The Morgan fingerprint density at radius 3 is 2.80 bits per heavy atom. The number of carbonyl (C=O) groups excluding carboxylic acids is 1. The van der Waals surface area contributed by atoms with Crippen LogP contribution >= 0.6 is 0 Å². The molecule has 1 aromatic rings. The topological polar surface area (TPSA) is 62.2 Å². The number of carbonyl (C=O) groups is 1. The van der Waals surface area contributed by atoms with Gasteiger partial charge in [-0.05, 0) is 25.0 Å². The van der Waals surface area contributed by atoms with Crippen molar-refractivity contribution in [2.75, 3.05) is 6.61 Å². The first-order chi connectivity index (χ1) is 9.79. The van der Waals surface area contributed by atoms with Crippen molar-refractivity contribution in [1.82, 2.24) is 10.3 Å². The van der Waals surface area contributed by atoms with Gasteiger partial charge in [-0.2, -0.15) is 0 Å². The summed E-state index contributed by atoms with van der Waals surface area (Å²) in [5.41, 5.74) is 1.19. The Bertz CT molecular complexity index is 493. The van der Waals surface area contributed by atoms with E-state index in [9.17, 15) is 4.79 Å². The van der Waals surface area contributed by atoms with Crippen molar-refractivity contribution < 1.29 is 9.90 Å². The first-order valence-electron chi connectivity index (χ1n) is 7.16. The molecule has 0 aromatic carbocycles. The van der Waals surface area contributed by atoms with Crippen LogP contribution in [0.3, 0.4) is 0 Å². The van der Waals surface area contributed by atoms with Crippen LogP contribution in [-0.2, 0) is 0 Å². The van der Waals surface area contributed by atoms with E-state index in [1.807, 2.05) is 0 Å². The fraction of sp³-hybridized carbons (Fsp3) is 0.500. The average molecular weight is 272 g/mol. The predicted octanol–water partition coefficient (Wildman–Crippen LogP) is 1.88. The zero-order chi connectivity index (χ0) is 14.2. The molecule has 0 atom stereocenters. The van der Waals surface area contributed by atoms with Crippen molar-refractivity contribution in [2.24, 2.45) is 0 Å². The number of pyridine rings is 1. The predicted molar refractivity (Wildman–Crippen MR) is 77.2 cm³/mol. The number of amides is 1. The molecule has 0 radical (unpaired) electrons. The number of nitrogens with zero attached hydrogens (tertiary/aromatic N) is 1. The fourth-order valence-corrected chi connectivity index (χ4v) is 2.33. The van der Waals surface area contributed by atoms with Crippen molar-refractivity contribution in [3.8, 4) is 11.8 Å². The second-order valence-corrected chi connectivity index (χ2v) is 5.02. The Morgan fingerprint density at radius 1 is 1.35 bits per heavy atom. The Kier molecular flexibility index (Phi) is 5.57. The molecule has 4 nitrogen and oxygen atoms in total. The number of aliphatic hydroxyl groups is 1. The highest BCUT2D eigenvalue weighted by atomic mass is 16.2. The summed E-state index contributed by atoms with van der Waals surface area (Å²) in [5.74, 6) is 5.61. The zero-order valence-electron chi connectivity index (χ0n) is 11.6. The molecule has 1 heterocycles. The molecule has 0 saturated heterocycles. The molecule has 1 aliphatic carbocycles. The molecule has 0 bridgehead atoms. The van der Waals surface area contributed by atoms with Gasteiger partial charge in [0.05, 0.1) is 6.61 Å². The molecular formula is C16H20N2O2. The molecule has 20 heavy (non-hydrogen) atoms. The molecule has 1 saturated carbocycles. The van der Waals surface area contributed by atoms with E-state index in [-0.39, 0.29) is 12.5 Å². The lowest BCUT2D eigenvalue weighted by Gasteiger charge is -2.22. The maximum absolute atomic E-state index is 12.0. The van der Waals surface area contributed by atoms with E-state index in [2.05, 4.69) is 22.1 Å². The minimum Gasteiger partial charge on any atom is -0.395 e. The molecule has 1 fully saturated rings.